The molecule has 9 aromatic rings. The fourth-order valence-electron chi connectivity index (χ4n) is 6.88. The van der Waals surface area contributed by atoms with Crippen molar-refractivity contribution in [3.63, 3.8) is 0 Å². The number of hydrogen-bond donors (Lipinski definition) is 0. The second kappa shape index (κ2) is 10.8. The summed E-state index contributed by atoms with van der Waals surface area (Å²) in [6.45, 7) is 2.14. The van der Waals surface area contributed by atoms with Crippen LogP contribution in [0.25, 0.3) is 58.8 Å². The second-order valence-corrected chi connectivity index (χ2v) is 13.0. The Morgan fingerprint density at radius 2 is 1.20 bits per heavy atom. The van der Waals surface area contributed by atoms with Crippen LogP contribution in [-0.2, 0) is 0 Å². The smallest absolute Gasteiger partial charge is 0.0562 e. The number of thiophene rings is 1. The Labute approximate surface area is 272 Å². The number of aryl methyl sites for hydroxylation is 1. The van der Waals surface area contributed by atoms with Crippen LogP contribution in [0.4, 0.5) is 17.1 Å². The Bertz CT molecular complexity index is 2520. The van der Waals surface area contributed by atoms with Gasteiger partial charge >= 0.3 is 0 Å². The van der Waals surface area contributed by atoms with Crippen LogP contribution in [0.5, 0.6) is 0 Å². The molecule has 3 heteroatoms. The zero-order valence-electron chi connectivity index (χ0n) is 25.4. The predicted octanol–water partition coefficient (Wildman–Crippen LogP) is 12.6. The van der Waals surface area contributed by atoms with Crippen LogP contribution in [0.3, 0.4) is 0 Å². The highest BCUT2D eigenvalue weighted by atomic mass is 32.1. The number of hydrogen-bond acceptors (Lipinski definition) is 2. The molecule has 0 unspecified atom stereocenters. The van der Waals surface area contributed by atoms with E-state index in [1.165, 1.54) is 58.7 Å². The lowest BCUT2D eigenvalue weighted by atomic mass is 10.0. The van der Waals surface area contributed by atoms with Gasteiger partial charge < -0.3 is 9.47 Å². The molecule has 0 bridgehead atoms. The van der Waals surface area contributed by atoms with Crippen molar-refractivity contribution in [2.24, 2.45) is 0 Å². The Balaban J connectivity index is 1.36. The van der Waals surface area contributed by atoms with Crippen LogP contribution >= 0.6 is 11.3 Å². The number of benzene rings is 7. The van der Waals surface area contributed by atoms with E-state index in [2.05, 4.69) is 180 Å². The third-order valence-corrected chi connectivity index (χ3v) is 10.2. The normalized spacial score (nSPS) is 11.6. The van der Waals surface area contributed by atoms with E-state index in [9.17, 15) is 0 Å². The highest BCUT2D eigenvalue weighted by Crippen LogP contribution is 2.46. The molecule has 2 nitrogen and oxygen atoms in total. The predicted molar refractivity (Wildman–Crippen MR) is 199 cm³/mol. The van der Waals surface area contributed by atoms with Crippen LogP contribution in [-0.4, -0.2) is 4.57 Å². The maximum Gasteiger partial charge on any atom is 0.0562 e. The van der Waals surface area contributed by atoms with Gasteiger partial charge in [-0.15, -0.1) is 11.3 Å². The number of fused-ring (bicyclic) bond motifs is 6. The van der Waals surface area contributed by atoms with Crippen molar-refractivity contribution >= 4 is 70.4 Å². The maximum absolute atomic E-state index is 2.43. The van der Waals surface area contributed by atoms with Crippen LogP contribution in [0.2, 0.25) is 0 Å². The lowest BCUT2D eigenvalue weighted by Gasteiger charge is -2.26. The molecule has 0 saturated carbocycles. The Hall–Kier alpha value is -5.64. The fourth-order valence-corrected chi connectivity index (χ4v) is 7.96. The van der Waals surface area contributed by atoms with Gasteiger partial charge in [-0.25, -0.2) is 0 Å². The molecule has 0 fully saturated rings. The Kier molecular flexibility index (Phi) is 6.25. The summed E-state index contributed by atoms with van der Waals surface area (Å²) in [7, 11) is 0. The van der Waals surface area contributed by atoms with Gasteiger partial charge in [-0.3, -0.25) is 0 Å². The Morgan fingerprint density at radius 3 is 2.02 bits per heavy atom. The molecule has 218 valence electrons. The summed E-state index contributed by atoms with van der Waals surface area (Å²) >= 11 is 1.86. The summed E-state index contributed by atoms with van der Waals surface area (Å²) in [5.41, 5.74) is 10.7. The first-order valence-corrected chi connectivity index (χ1v) is 16.5. The SMILES string of the molecule is Cc1ccc(-c2ccc3c(c2)c2c(N(c4ccccc4)c4ccc5sc6ccccc6c5c4)cccc2n3-c2ccccc2)cc1. The molecule has 0 aliphatic rings. The van der Waals surface area contributed by atoms with Gasteiger partial charge in [0.05, 0.1) is 16.7 Å². The topological polar surface area (TPSA) is 8.17 Å². The number of anilines is 3. The molecular formula is C43H30N2S. The van der Waals surface area contributed by atoms with E-state index in [0.717, 1.165) is 22.7 Å². The van der Waals surface area contributed by atoms with Crippen molar-refractivity contribution in [2.45, 2.75) is 6.92 Å². The molecule has 2 aromatic heterocycles. The van der Waals surface area contributed by atoms with Gasteiger partial charge in [0.2, 0.25) is 0 Å². The van der Waals surface area contributed by atoms with Gasteiger partial charge in [0.1, 0.15) is 0 Å². The molecule has 0 aliphatic carbocycles. The molecule has 46 heavy (non-hydrogen) atoms. The van der Waals surface area contributed by atoms with E-state index in [4.69, 9.17) is 0 Å². The van der Waals surface area contributed by atoms with Gasteiger partial charge in [0, 0.05) is 48.0 Å². The van der Waals surface area contributed by atoms with E-state index in [1.807, 2.05) is 11.3 Å². The van der Waals surface area contributed by atoms with E-state index >= 15 is 0 Å². The molecule has 0 saturated heterocycles. The number of nitrogens with zero attached hydrogens (tertiary/aromatic N) is 2. The first kappa shape index (κ1) is 26.7. The quantitative estimate of drug-likeness (QED) is 0.189. The zero-order valence-corrected chi connectivity index (χ0v) is 26.2. The van der Waals surface area contributed by atoms with Crippen molar-refractivity contribution in [1.82, 2.24) is 4.57 Å². The van der Waals surface area contributed by atoms with Crippen molar-refractivity contribution < 1.29 is 0 Å². The minimum absolute atomic E-state index is 1.13. The first-order chi connectivity index (χ1) is 22.7. The standard InChI is InChI=1S/C43H30N2S/c1-29-19-21-30(22-20-29)31-23-25-38-37(27-31)43-39(16-10-17-40(43)45(38)33-13-6-3-7-14-33)44(32-11-4-2-5-12-32)34-24-26-42-36(28-34)35-15-8-9-18-41(35)46-42/h2-28H,1H3. The summed E-state index contributed by atoms with van der Waals surface area (Å²) < 4.78 is 5.03. The molecule has 7 aromatic carbocycles. The Morgan fingerprint density at radius 1 is 0.478 bits per heavy atom. The minimum Gasteiger partial charge on any atom is -0.310 e. The summed E-state index contributed by atoms with van der Waals surface area (Å²) in [5, 5.41) is 5.06. The van der Waals surface area contributed by atoms with Crippen LogP contribution in [0, 0.1) is 6.92 Å². The largest absolute Gasteiger partial charge is 0.310 e. The van der Waals surface area contributed by atoms with Gasteiger partial charge in [-0.1, -0.05) is 96.6 Å². The lowest BCUT2D eigenvalue weighted by Crippen LogP contribution is -2.10. The average Bonchev–Trinajstić information content (AvgIpc) is 3.65. The van der Waals surface area contributed by atoms with Gasteiger partial charge in [-0.05, 0) is 90.8 Å². The molecular weight excluding hydrogens is 577 g/mol. The third-order valence-electron chi connectivity index (χ3n) is 9.04. The first-order valence-electron chi connectivity index (χ1n) is 15.7. The molecule has 0 spiro atoms. The molecule has 2 heterocycles. The summed E-state index contributed by atoms with van der Waals surface area (Å²) in [4.78, 5) is 2.43. The molecule has 0 aliphatic heterocycles. The summed E-state index contributed by atoms with van der Waals surface area (Å²) in [6.07, 6.45) is 0. The van der Waals surface area contributed by atoms with Gasteiger partial charge in [0.15, 0.2) is 0 Å². The highest BCUT2D eigenvalue weighted by molar-refractivity contribution is 7.25. The molecule has 0 atom stereocenters. The number of para-hydroxylation sites is 2. The highest BCUT2D eigenvalue weighted by Gasteiger charge is 2.22. The van der Waals surface area contributed by atoms with Crippen LogP contribution in [0.15, 0.2) is 164 Å². The molecule has 9 rings (SSSR count). The molecule has 0 radical (unpaired) electrons. The van der Waals surface area contributed by atoms with Crippen LogP contribution < -0.4 is 4.90 Å². The third kappa shape index (κ3) is 4.32. The number of aromatic nitrogens is 1. The zero-order chi connectivity index (χ0) is 30.6. The molecule has 0 N–H and O–H groups in total. The van der Waals surface area contributed by atoms with Crippen molar-refractivity contribution in [2.75, 3.05) is 4.90 Å². The monoisotopic (exact) mass is 606 g/mol. The van der Waals surface area contributed by atoms with E-state index in [0.29, 0.717) is 0 Å². The maximum atomic E-state index is 2.43. The minimum atomic E-state index is 1.13. The summed E-state index contributed by atoms with van der Waals surface area (Å²) in [6, 6.07) is 59.7. The summed E-state index contributed by atoms with van der Waals surface area (Å²) in [5.74, 6) is 0. The van der Waals surface area contributed by atoms with Gasteiger partial charge in [0.25, 0.3) is 0 Å². The van der Waals surface area contributed by atoms with Crippen molar-refractivity contribution in [3.8, 4) is 16.8 Å². The second-order valence-electron chi connectivity index (χ2n) is 11.9. The van der Waals surface area contributed by atoms with E-state index < -0.39 is 0 Å². The van der Waals surface area contributed by atoms with E-state index in [-0.39, 0.29) is 0 Å². The van der Waals surface area contributed by atoms with Crippen LogP contribution in [0.1, 0.15) is 5.56 Å². The lowest BCUT2D eigenvalue weighted by molar-refractivity contribution is 1.18. The van der Waals surface area contributed by atoms with Crippen molar-refractivity contribution in [1.29, 1.82) is 0 Å². The van der Waals surface area contributed by atoms with Gasteiger partial charge in [-0.2, -0.15) is 0 Å². The number of rotatable bonds is 5. The van der Waals surface area contributed by atoms with E-state index in [1.54, 1.807) is 0 Å². The fraction of sp³-hybridized carbons (Fsp3) is 0.0233. The average molecular weight is 607 g/mol. The molecule has 0 amide bonds. The van der Waals surface area contributed by atoms with Crippen molar-refractivity contribution in [3.05, 3.63) is 169 Å².